The second-order valence-corrected chi connectivity index (χ2v) is 8.54. The average molecular weight is 391 g/mol. The Morgan fingerprint density at radius 1 is 1.07 bits per heavy atom. The van der Waals surface area contributed by atoms with Gasteiger partial charge in [-0.3, -0.25) is 9.98 Å². The Hall–Kier alpha value is -2.73. The fourth-order valence-electron chi connectivity index (χ4n) is 4.05. The number of aliphatic imine (C=N–C) groups is 1. The molecule has 3 aromatic rings. The molecule has 4 heterocycles. The zero-order valence-corrected chi connectivity index (χ0v) is 16.7. The maximum Gasteiger partial charge on any atom is 0.160 e. The minimum absolute atomic E-state index is 0.00287. The van der Waals surface area contributed by atoms with Gasteiger partial charge in [-0.25, -0.2) is 0 Å². The summed E-state index contributed by atoms with van der Waals surface area (Å²) in [7, 11) is 1.69. The van der Waals surface area contributed by atoms with Gasteiger partial charge in [0.25, 0.3) is 0 Å². The summed E-state index contributed by atoms with van der Waals surface area (Å²) in [6.45, 7) is 3.27. The average Bonchev–Trinajstić information content (AvgIpc) is 3.42. The minimum Gasteiger partial charge on any atom is -0.497 e. The minimum atomic E-state index is 0.00287. The summed E-state index contributed by atoms with van der Waals surface area (Å²) in [5, 5.41) is 1.69. The lowest BCUT2D eigenvalue weighted by Gasteiger charge is -2.28. The molecule has 0 spiro atoms. The first kappa shape index (κ1) is 17.4. The number of ether oxygens (including phenoxy) is 1. The number of nitrogens with zero attached hydrogens (tertiary/aromatic N) is 4. The van der Waals surface area contributed by atoms with Crippen LogP contribution in [0.4, 0.5) is 0 Å². The molecule has 0 unspecified atom stereocenters. The Balaban J connectivity index is 1.58. The van der Waals surface area contributed by atoms with Crippen LogP contribution in [0.3, 0.4) is 0 Å². The summed E-state index contributed by atoms with van der Waals surface area (Å²) >= 11 is 1.86. The highest BCUT2D eigenvalue weighted by Crippen LogP contribution is 2.47. The number of fused-ring (bicyclic) bond motifs is 1. The predicted molar refractivity (Wildman–Crippen MR) is 113 cm³/mol. The van der Waals surface area contributed by atoms with Crippen LogP contribution < -0.4 is 4.74 Å². The van der Waals surface area contributed by atoms with Crippen molar-refractivity contribution in [3.63, 3.8) is 0 Å². The van der Waals surface area contributed by atoms with E-state index in [0.29, 0.717) is 5.25 Å². The quantitative estimate of drug-likeness (QED) is 0.659. The van der Waals surface area contributed by atoms with E-state index in [0.717, 1.165) is 28.8 Å². The van der Waals surface area contributed by atoms with Gasteiger partial charge in [0.1, 0.15) is 11.8 Å². The van der Waals surface area contributed by atoms with Crippen molar-refractivity contribution in [1.82, 2.24) is 14.5 Å². The zero-order chi connectivity index (χ0) is 19.1. The fraction of sp³-hybridized carbons (Fsp3) is 0.273. The SMILES string of the molecule is COc1ccc(-n2cccc2[C@@H]2[C@@H](c3ccccn3)N=C3S[C@H](C)CN32)cc1. The van der Waals surface area contributed by atoms with Crippen molar-refractivity contribution in [3.8, 4) is 11.4 Å². The Morgan fingerprint density at radius 3 is 2.68 bits per heavy atom. The summed E-state index contributed by atoms with van der Waals surface area (Å²) < 4.78 is 7.57. The van der Waals surface area contributed by atoms with E-state index in [2.05, 4.69) is 57.9 Å². The number of hydrogen-bond acceptors (Lipinski definition) is 5. The number of aromatic nitrogens is 2. The lowest BCUT2D eigenvalue weighted by molar-refractivity contribution is 0.312. The molecular weight excluding hydrogens is 368 g/mol. The lowest BCUT2D eigenvalue weighted by Crippen LogP contribution is -2.30. The number of benzene rings is 1. The third-order valence-corrected chi connectivity index (χ3v) is 6.42. The molecule has 5 rings (SSSR count). The first-order valence-electron chi connectivity index (χ1n) is 9.48. The molecule has 0 radical (unpaired) electrons. The molecule has 28 heavy (non-hydrogen) atoms. The van der Waals surface area contributed by atoms with Crippen LogP contribution in [0.2, 0.25) is 0 Å². The molecule has 0 bridgehead atoms. The molecule has 5 nitrogen and oxygen atoms in total. The largest absolute Gasteiger partial charge is 0.497 e. The van der Waals surface area contributed by atoms with Crippen molar-refractivity contribution in [1.29, 1.82) is 0 Å². The lowest BCUT2D eigenvalue weighted by atomic mass is 10.0. The van der Waals surface area contributed by atoms with Gasteiger partial charge in [0.15, 0.2) is 5.17 Å². The van der Waals surface area contributed by atoms with E-state index < -0.39 is 0 Å². The van der Waals surface area contributed by atoms with Gasteiger partial charge in [0.05, 0.1) is 18.8 Å². The first-order valence-corrected chi connectivity index (χ1v) is 10.4. The van der Waals surface area contributed by atoms with Crippen LogP contribution in [0.15, 0.2) is 72.0 Å². The second kappa shape index (κ2) is 7.02. The highest BCUT2D eigenvalue weighted by Gasteiger charge is 2.44. The van der Waals surface area contributed by atoms with Crippen molar-refractivity contribution in [2.45, 2.75) is 24.3 Å². The summed E-state index contributed by atoms with van der Waals surface area (Å²) in [5.41, 5.74) is 3.37. The van der Waals surface area contributed by atoms with Crippen molar-refractivity contribution in [2.24, 2.45) is 4.99 Å². The van der Waals surface area contributed by atoms with Crippen molar-refractivity contribution in [2.75, 3.05) is 13.7 Å². The van der Waals surface area contributed by atoms with Crippen LogP contribution in [0.1, 0.15) is 30.4 Å². The molecule has 1 fully saturated rings. The van der Waals surface area contributed by atoms with Crippen molar-refractivity contribution < 1.29 is 4.74 Å². The fourth-order valence-corrected chi connectivity index (χ4v) is 5.14. The van der Waals surface area contributed by atoms with Crippen LogP contribution in [-0.4, -0.2) is 38.5 Å². The Morgan fingerprint density at radius 2 is 1.93 bits per heavy atom. The Bertz CT molecular complexity index is 999. The van der Waals surface area contributed by atoms with Gasteiger partial charge in [-0.2, -0.15) is 0 Å². The van der Waals surface area contributed by atoms with Gasteiger partial charge in [-0.1, -0.05) is 24.8 Å². The Kier molecular flexibility index (Phi) is 4.36. The number of methoxy groups -OCH3 is 1. The monoisotopic (exact) mass is 390 g/mol. The van der Waals surface area contributed by atoms with Gasteiger partial charge < -0.3 is 14.2 Å². The van der Waals surface area contributed by atoms with Gasteiger partial charge in [-0.05, 0) is 48.5 Å². The van der Waals surface area contributed by atoms with Crippen LogP contribution in [0.5, 0.6) is 5.75 Å². The molecule has 0 saturated carbocycles. The summed E-state index contributed by atoms with van der Waals surface area (Å²) in [6.07, 6.45) is 3.98. The third-order valence-electron chi connectivity index (χ3n) is 5.32. The van der Waals surface area contributed by atoms with E-state index in [1.54, 1.807) is 7.11 Å². The van der Waals surface area contributed by atoms with E-state index in [9.17, 15) is 0 Å². The van der Waals surface area contributed by atoms with Crippen LogP contribution in [-0.2, 0) is 0 Å². The molecule has 2 aromatic heterocycles. The molecule has 6 heteroatoms. The molecule has 1 saturated heterocycles. The molecule has 3 atom stereocenters. The van der Waals surface area contributed by atoms with E-state index in [1.807, 2.05) is 42.2 Å². The molecule has 0 aliphatic carbocycles. The van der Waals surface area contributed by atoms with E-state index in [1.165, 1.54) is 5.69 Å². The molecule has 1 aromatic carbocycles. The second-order valence-electron chi connectivity index (χ2n) is 7.14. The molecule has 2 aliphatic heterocycles. The number of thioether (sulfide) groups is 1. The summed E-state index contributed by atoms with van der Waals surface area (Å²) in [5.74, 6) is 0.861. The first-order chi connectivity index (χ1) is 13.7. The Labute approximate surface area is 169 Å². The van der Waals surface area contributed by atoms with E-state index in [4.69, 9.17) is 9.73 Å². The van der Waals surface area contributed by atoms with Crippen LogP contribution in [0, 0.1) is 0 Å². The smallest absolute Gasteiger partial charge is 0.160 e. The molecule has 142 valence electrons. The maximum atomic E-state index is 5.31. The van der Waals surface area contributed by atoms with Gasteiger partial charge >= 0.3 is 0 Å². The van der Waals surface area contributed by atoms with Gasteiger partial charge in [-0.15, -0.1) is 0 Å². The van der Waals surface area contributed by atoms with Crippen molar-refractivity contribution >= 4 is 16.9 Å². The normalized spacial score (nSPS) is 23.6. The molecular formula is C22H22N4OS. The number of pyridine rings is 1. The molecule has 0 N–H and O–H groups in total. The third kappa shape index (κ3) is 2.88. The highest BCUT2D eigenvalue weighted by atomic mass is 32.2. The van der Waals surface area contributed by atoms with E-state index in [-0.39, 0.29) is 12.1 Å². The molecule has 0 amide bonds. The highest BCUT2D eigenvalue weighted by molar-refractivity contribution is 8.14. The standard InChI is InChI=1S/C22H22N4OS/c1-15-14-26-21(20(24-22(26)28-15)18-6-3-4-12-23-18)19-7-5-13-25(19)16-8-10-17(27-2)11-9-16/h3-13,15,20-21H,14H2,1-2H3/t15-,20-,21-/m1/s1. The predicted octanol–water partition coefficient (Wildman–Crippen LogP) is 4.47. The van der Waals surface area contributed by atoms with Gasteiger partial charge in [0.2, 0.25) is 0 Å². The van der Waals surface area contributed by atoms with Gasteiger partial charge in [0, 0.05) is 35.6 Å². The zero-order valence-electron chi connectivity index (χ0n) is 15.9. The number of rotatable bonds is 4. The van der Waals surface area contributed by atoms with E-state index >= 15 is 0 Å². The summed E-state index contributed by atoms with van der Waals surface area (Å²) in [4.78, 5) is 12.2. The number of amidine groups is 1. The van der Waals surface area contributed by atoms with Crippen LogP contribution >= 0.6 is 11.8 Å². The van der Waals surface area contributed by atoms with Crippen LogP contribution in [0.25, 0.3) is 5.69 Å². The molecule has 2 aliphatic rings. The maximum absolute atomic E-state index is 5.31. The summed E-state index contributed by atoms with van der Waals surface area (Å²) in [6, 6.07) is 18.7. The van der Waals surface area contributed by atoms with Crippen molar-refractivity contribution in [3.05, 3.63) is 78.4 Å². The number of hydrogen-bond donors (Lipinski definition) is 0. The topological polar surface area (TPSA) is 42.6 Å².